The SMILES string of the molecule is O=CN1CCN(C(=O)c2cc(Nc3ccccc3F)ncn2)CC1. The molecule has 2 aromatic rings. The fraction of sp³-hybridized carbons (Fsp3) is 0.250. The molecule has 0 atom stereocenters. The number of piperazine rings is 1. The third-order valence-electron chi connectivity index (χ3n) is 3.77. The summed E-state index contributed by atoms with van der Waals surface area (Å²) in [5, 5.41) is 2.84. The quantitative estimate of drug-likeness (QED) is 0.855. The number of hydrogen-bond donors (Lipinski definition) is 1. The summed E-state index contributed by atoms with van der Waals surface area (Å²) in [6, 6.07) is 7.69. The van der Waals surface area contributed by atoms with E-state index in [-0.39, 0.29) is 17.3 Å². The van der Waals surface area contributed by atoms with E-state index < -0.39 is 5.82 Å². The minimum Gasteiger partial charge on any atom is -0.342 e. The molecule has 124 valence electrons. The van der Waals surface area contributed by atoms with Crippen LogP contribution in [-0.2, 0) is 4.79 Å². The first-order chi connectivity index (χ1) is 11.7. The summed E-state index contributed by atoms with van der Waals surface area (Å²) in [6.45, 7) is 1.91. The molecule has 1 N–H and O–H groups in total. The van der Waals surface area contributed by atoms with Crippen LogP contribution in [0.15, 0.2) is 36.7 Å². The minimum atomic E-state index is -0.408. The van der Waals surface area contributed by atoms with E-state index in [1.165, 1.54) is 18.5 Å². The molecular weight excluding hydrogens is 313 g/mol. The molecule has 0 saturated carbocycles. The third kappa shape index (κ3) is 3.48. The van der Waals surface area contributed by atoms with Crippen molar-refractivity contribution < 1.29 is 14.0 Å². The number of carbonyl (C=O) groups excluding carboxylic acids is 2. The van der Waals surface area contributed by atoms with Gasteiger partial charge in [-0.05, 0) is 12.1 Å². The average Bonchev–Trinajstić information content (AvgIpc) is 2.63. The molecule has 8 heteroatoms. The number of nitrogens with one attached hydrogen (secondary N) is 1. The summed E-state index contributed by atoms with van der Waals surface area (Å²) in [7, 11) is 0. The summed E-state index contributed by atoms with van der Waals surface area (Å²) >= 11 is 0. The Morgan fingerprint density at radius 3 is 2.62 bits per heavy atom. The Labute approximate surface area is 138 Å². The van der Waals surface area contributed by atoms with Crippen molar-refractivity contribution >= 4 is 23.8 Å². The van der Waals surface area contributed by atoms with Crippen LogP contribution in [0.2, 0.25) is 0 Å². The molecule has 7 nitrogen and oxygen atoms in total. The lowest BCUT2D eigenvalue weighted by atomic mass is 10.2. The number of rotatable bonds is 4. The van der Waals surface area contributed by atoms with Crippen LogP contribution in [0.3, 0.4) is 0 Å². The van der Waals surface area contributed by atoms with E-state index in [4.69, 9.17) is 0 Å². The second-order valence-electron chi connectivity index (χ2n) is 5.33. The summed E-state index contributed by atoms with van der Waals surface area (Å²) in [5.41, 5.74) is 0.498. The van der Waals surface area contributed by atoms with Crippen LogP contribution < -0.4 is 5.32 Å². The zero-order valence-electron chi connectivity index (χ0n) is 12.9. The Kier molecular flexibility index (Phi) is 4.64. The van der Waals surface area contributed by atoms with Crippen molar-refractivity contribution in [2.75, 3.05) is 31.5 Å². The molecule has 0 bridgehead atoms. The number of hydrogen-bond acceptors (Lipinski definition) is 5. The van der Waals surface area contributed by atoms with Gasteiger partial charge >= 0.3 is 0 Å². The Morgan fingerprint density at radius 2 is 1.92 bits per heavy atom. The van der Waals surface area contributed by atoms with E-state index in [9.17, 15) is 14.0 Å². The van der Waals surface area contributed by atoms with E-state index in [2.05, 4.69) is 15.3 Å². The van der Waals surface area contributed by atoms with Crippen molar-refractivity contribution in [3.8, 4) is 0 Å². The highest BCUT2D eigenvalue weighted by Gasteiger charge is 2.22. The summed E-state index contributed by atoms with van der Waals surface area (Å²) in [4.78, 5) is 34.5. The second-order valence-corrected chi connectivity index (χ2v) is 5.33. The normalized spacial score (nSPS) is 14.4. The van der Waals surface area contributed by atoms with Crippen LogP contribution in [0.4, 0.5) is 15.9 Å². The maximum Gasteiger partial charge on any atom is 0.272 e. The van der Waals surface area contributed by atoms with Gasteiger partial charge in [0.15, 0.2) is 0 Å². The number of aromatic nitrogens is 2. The molecule has 1 fully saturated rings. The van der Waals surface area contributed by atoms with E-state index in [0.29, 0.717) is 32.0 Å². The number of nitrogens with zero attached hydrogens (tertiary/aromatic N) is 4. The Bertz CT molecular complexity index is 747. The molecule has 0 aliphatic carbocycles. The molecule has 2 heterocycles. The topological polar surface area (TPSA) is 78.4 Å². The fourth-order valence-electron chi connectivity index (χ4n) is 2.44. The molecule has 3 rings (SSSR count). The lowest BCUT2D eigenvalue weighted by molar-refractivity contribution is -0.119. The van der Waals surface area contributed by atoms with Crippen molar-refractivity contribution in [1.29, 1.82) is 0 Å². The highest BCUT2D eigenvalue weighted by Crippen LogP contribution is 2.18. The molecule has 0 spiro atoms. The van der Waals surface area contributed by atoms with Crippen LogP contribution in [0, 0.1) is 5.82 Å². The van der Waals surface area contributed by atoms with E-state index in [1.54, 1.807) is 28.0 Å². The molecule has 1 aliphatic heterocycles. The summed E-state index contributed by atoms with van der Waals surface area (Å²) in [5.74, 6) is -0.307. The molecule has 24 heavy (non-hydrogen) atoms. The lowest BCUT2D eigenvalue weighted by Gasteiger charge is -2.32. The first kappa shape index (κ1) is 15.9. The van der Waals surface area contributed by atoms with Crippen molar-refractivity contribution in [1.82, 2.24) is 19.8 Å². The standard InChI is InChI=1S/C16H16FN5O2/c17-12-3-1-2-4-13(12)20-15-9-14(18-10-19-15)16(24)22-7-5-21(11-23)6-8-22/h1-4,9-11H,5-8H2,(H,18,19,20). The predicted molar refractivity (Wildman–Crippen MR) is 85.3 cm³/mol. The van der Waals surface area contributed by atoms with E-state index >= 15 is 0 Å². The first-order valence-corrected chi connectivity index (χ1v) is 7.49. The van der Waals surface area contributed by atoms with E-state index in [0.717, 1.165) is 6.41 Å². The maximum atomic E-state index is 13.7. The van der Waals surface area contributed by atoms with Crippen LogP contribution in [-0.4, -0.2) is 58.3 Å². The molecule has 1 aliphatic rings. The summed E-state index contributed by atoms with van der Waals surface area (Å²) in [6.07, 6.45) is 2.04. The van der Waals surface area contributed by atoms with Gasteiger partial charge in [-0.2, -0.15) is 0 Å². The molecule has 1 saturated heterocycles. The lowest BCUT2D eigenvalue weighted by Crippen LogP contribution is -2.48. The van der Waals surface area contributed by atoms with Crippen molar-refractivity contribution in [3.63, 3.8) is 0 Å². The molecule has 1 aromatic heterocycles. The monoisotopic (exact) mass is 329 g/mol. The van der Waals surface area contributed by atoms with Gasteiger partial charge in [-0.25, -0.2) is 14.4 Å². The van der Waals surface area contributed by atoms with Gasteiger partial charge in [-0.3, -0.25) is 9.59 Å². The van der Waals surface area contributed by atoms with Crippen molar-refractivity contribution in [3.05, 3.63) is 48.2 Å². The van der Waals surface area contributed by atoms with Crippen molar-refractivity contribution in [2.45, 2.75) is 0 Å². The van der Waals surface area contributed by atoms with Crippen LogP contribution >= 0.6 is 0 Å². The van der Waals surface area contributed by atoms with Crippen LogP contribution in [0.5, 0.6) is 0 Å². The van der Waals surface area contributed by atoms with Gasteiger partial charge in [0.1, 0.15) is 23.7 Å². The highest BCUT2D eigenvalue weighted by molar-refractivity contribution is 5.93. The zero-order valence-corrected chi connectivity index (χ0v) is 12.9. The molecule has 0 unspecified atom stereocenters. The fourth-order valence-corrected chi connectivity index (χ4v) is 2.44. The van der Waals surface area contributed by atoms with Gasteiger partial charge in [0.2, 0.25) is 6.41 Å². The van der Waals surface area contributed by atoms with Gasteiger partial charge in [0.25, 0.3) is 5.91 Å². The number of para-hydroxylation sites is 1. The highest BCUT2D eigenvalue weighted by atomic mass is 19.1. The van der Waals surface area contributed by atoms with Gasteiger partial charge in [0, 0.05) is 32.2 Å². The molecular formula is C16H16FN5O2. The number of carbonyl (C=O) groups is 2. The number of halogens is 1. The Hall–Kier alpha value is -3.03. The minimum absolute atomic E-state index is 0.225. The molecule has 0 radical (unpaired) electrons. The largest absolute Gasteiger partial charge is 0.342 e. The van der Waals surface area contributed by atoms with Crippen molar-refractivity contribution in [2.24, 2.45) is 0 Å². The maximum absolute atomic E-state index is 13.7. The average molecular weight is 329 g/mol. The second kappa shape index (κ2) is 7.03. The Morgan fingerprint density at radius 1 is 1.17 bits per heavy atom. The van der Waals surface area contributed by atoms with Gasteiger partial charge in [-0.15, -0.1) is 0 Å². The zero-order chi connectivity index (χ0) is 16.9. The summed E-state index contributed by atoms with van der Waals surface area (Å²) < 4.78 is 13.7. The van der Waals surface area contributed by atoms with Crippen LogP contribution in [0.25, 0.3) is 0 Å². The van der Waals surface area contributed by atoms with Gasteiger partial charge < -0.3 is 15.1 Å². The third-order valence-corrected chi connectivity index (χ3v) is 3.77. The smallest absolute Gasteiger partial charge is 0.272 e. The molecule has 1 aromatic carbocycles. The first-order valence-electron chi connectivity index (χ1n) is 7.49. The van der Waals surface area contributed by atoms with E-state index in [1.807, 2.05) is 0 Å². The number of anilines is 2. The number of benzene rings is 1. The van der Waals surface area contributed by atoms with Crippen LogP contribution in [0.1, 0.15) is 10.5 Å². The predicted octanol–water partition coefficient (Wildman–Crippen LogP) is 1.27. The Balaban J connectivity index is 1.72. The number of amides is 2. The molecule has 2 amide bonds. The van der Waals surface area contributed by atoms with Gasteiger partial charge in [-0.1, -0.05) is 12.1 Å². The van der Waals surface area contributed by atoms with Gasteiger partial charge in [0.05, 0.1) is 5.69 Å².